The fourth-order valence-electron chi connectivity index (χ4n) is 1.86. The van der Waals surface area contributed by atoms with Crippen molar-refractivity contribution in [1.29, 1.82) is 0 Å². The first-order chi connectivity index (χ1) is 6.36. The van der Waals surface area contributed by atoms with Crippen molar-refractivity contribution < 1.29 is 5.11 Å². The largest absolute Gasteiger partial charge is 0.391 e. The van der Waals surface area contributed by atoms with Gasteiger partial charge in [0.25, 0.3) is 0 Å². The molecule has 2 N–H and O–H groups in total. The van der Waals surface area contributed by atoms with Crippen LogP contribution in [0.3, 0.4) is 0 Å². The third kappa shape index (κ3) is 2.01. The Balaban J connectivity index is 1.98. The van der Waals surface area contributed by atoms with Crippen LogP contribution >= 0.6 is 0 Å². The Morgan fingerprint density at radius 2 is 1.92 bits per heavy atom. The third-order valence-corrected chi connectivity index (χ3v) is 2.61. The highest BCUT2D eigenvalue weighted by molar-refractivity contribution is 5.43. The smallest absolute Gasteiger partial charge is 0.0741 e. The summed E-state index contributed by atoms with van der Waals surface area (Å²) in [4.78, 5) is 0. The number of rotatable bonds is 2. The lowest BCUT2D eigenvalue weighted by Crippen LogP contribution is -2.27. The molecule has 0 spiro atoms. The van der Waals surface area contributed by atoms with Gasteiger partial charge in [-0.2, -0.15) is 0 Å². The molecule has 2 atom stereocenters. The summed E-state index contributed by atoms with van der Waals surface area (Å²) in [7, 11) is 0. The first kappa shape index (κ1) is 8.57. The lowest BCUT2D eigenvalue weighted by molar-refractivity contribution is 0.172. The van der Waals surface area contributed by atoms with E-state index in [1.165, 1.54) is 0 Å². The molecule has 0 saturated heterocycles. The van der Waals surface area contributed by atoms with E-state index in [4.69, 9.17) is 0 Å². The number of nitrogens with one attached hydrogen (secondary N) is 1. The molecule has 1 aliphatic rings. The van der Waals surface area contributed by atoms with Gasteiger partial charge in [-0.05, 0) is 31.4 Å². The minimum Gasteiger partial charge on any atom is -0.391 e. The summed E-state index contributed by atoms with van der Waals surface area (Å²) >= 11 is 0. The normalized spacial score (nSPS) is 27.5. The Kier molecular flexibility index (Phi) is 2.50. The molecule has 0 aromatic heterocycles. The highest BCUT2D eigenvalue weighted by atomic mass is 16.3. The summed E-state index contributed by atoms with van der Waals surface area (Å²) < 4.78 is 0. The van der Waals surface area contributed by atoms with Gasteiger partial charge in [-0.3, -0.25) is 0 Å². The summed E-state index contributed by atoms with van der Waals surface area (Å²) in [5, 5.41) is 12.9. The molecule has 2 nitrogen and oxygen atoms in total. The van der Waals surface area contributed by atoms with Crippen LogP contribution in [0.5, 0.6) is 0 Å². The predicted octanol–water partition coefficient (Wildman–Crippen LogP) is 2.01. The molecule has 0 radical (unpaired) electrons. The van der Waals surface area contributed by atoms with Crippen molar-refractivity contribution in [1.82, 2.24) is 0 Å². The topological polar surface area (TPSA) is 32.3 Å². The monoisotopic (exact) mass is 177 g/mol. The number of hydrogen-bond acceptors (Lipinski definition) is 2. The lowest BCUT2D eigenvalue weighted by Gasteiger charge is -2.17. The third-order valence-electron chi connectivity index (χ3n) is 2.61. The minimum absolute atomic E-state index is 0.166. The maximum absolute atomic E-state index is 9.59. The van der Waals surface area contributed by atoms with E-state index in [0.29, 0.717) is 0 Å². The molecule has 2 rings (SSSR count). The number of para-hydroxylation sites is 1. The second-order valence-electron chi connectivity index (χ2n) is 3.62. The van der Waals surface area contributed by atoms with Crippen LogP contribution < -0.4 is 5.32 Å². The molecular weight excluding hydrogens is 162 g/mol. The number of hydrogen-bond donors (Lipinski definition) is 2. The summed E-state index contributed by atoms with van der Waals surface area (Å²) in [6, 6.07) is 10.3. The van der Waals surface area contributed by atoms with Crippen molar-refractivity contribution in [2.24, 2.45) is 0 Å². The van der Waals surface area contributed by atoms with Crippen LogP contribution in [-0.2, 0) is 0 Å². The van der Waals surface area contributed by atoms with Gasteiger partial charge in [0.2, 0.25) is 0 Å². The van der Waals surface area contributed by atoms with E-state index in [2.05, 4.69) is 5.32 Å². The average molecular weight is 177 g/mol. The van der Waals surface area contributed by atoms with E-state index in [1.807, 2.05) is 30.3 Å². The molecule has 1 aromatic rings. The second-order valence-corrected chi connectivity index (χ2v) is 3.62. The van der Waals surface area contributed by atoms with E-state index >= 15 is 0 Å². The summed E-state index contributed by atoms with van der Waals surface area (Å²) in [6.45, 7) is 0. The first-order valence-electron chi connectivity index (χ1n) is 4.86. The molecule has 0 unspecified atom stereocenters. The molecule has 70 valence electrons. The van der Waals surface area contributed by atoms with Crippen LogP contribution in [0, 0.1) is 0 Å². The van der Waals surface area contributed by atoms with Crippen molar-refractivity contribution in [2.75, 3.05) is 5.32 Å². The van der Waals surface area contributed by atoms with E-state index in [1.54, 1.807) is 0 Å². The van der Waals surface area contributed by atoms with E-state index in [0.717, 1.165) is 24.9 Å². The van der Waals surface area contributed by atoms with Crippen molar-refractivity contribution >= 4 is 5.69 Å². The Morgan fingerprint density at radius 3 is 2.54 bits per heavy atom. The fraction of sp³-hybridized carbons (Fsp3) is 0.455. The molecule has 0 bridgehead atoms. The molecule has 2 heteroatoms. The van der Waals surface area contributed by atoms with Crippen molar-refractivity contribution in [3.05, 3.63) is 30.3 Å². The van der Waals surface area contributed by atoms with E-state index in [-0.39, 0.29) is 12.1 Å². The van der Waals surface area contributed by atoms with Gasteiger partial charge >= 0.3 is 0 Å². The fourth-order valence-corrected chi connectivity index (χ4v) is 1.86. The van der Waals surface area contributed by atoms with Crippen LogP contribution in [0.1, 0.15) is 19.3 Å². The predicted molar refractivity (Wildman–Crippen MR) is 53.7 cm³/mol. The van der Waals surface area contributed by atoms with Crippen LogP contribution in [0.15, 0.2) is 30.3 Å². The minimum atomic E-state index is -0.166. The van der Waals surface area contributed by atoms with Gasteiger partial charge in [-0.1, -0.05) is 18.2 Å². The van der Waals surface area contributed by atoms with Gasteiger partial charge in [-0.15, -0.1) is 0 Å². The first-order valence-corrected chi connectivity index (χ1v) is 4.86. The maximum atomic E-state index is 9.59. The van der Waals surface area contributed by atoms with Crippen LogP contribution in [-0.4, -0.2) is 17.3 Å². The van der Waals surface area contributed by atoms with Crippen molar-refractivity contribution in [3.8, 4) is 0 Å². The van der Waals surface area contributed by atoms with Gasteiger partial charge in [0.05, 0.1) is 12.1 Å². The van der Waals surface area contributed by atoms with Crippen molar-refractivity contribution in [2.45, 2.75) is 31.4 Å². The zero-order valence-electron chi connectivity index (χ0n) is 7.61. The standard InChI is InChI=1S/C11H15NO/c13-11-8-4-7-10(11)12-9-5-2-1-3-6-9/h1-3,5-6,10-13H,4,7-8H2/t10-,11-/m1/s1. The summed E-state index contributed by atoms with van der Waals surface area (Å²) in [6.07, 6.45) is 2.98. The highest BCUT2D eigenvalue weighted by Gasteiger charge is 2.24. The molecule has 1 aromatic carbocycles. The highest BCUT2D eigenvalue weighted by Crippen LogP contribution is 2.22. The van der Waals surface area contributed by atoms with Gasteiger partial charge in [0, 0.05) is 5.69 Å². The Labute approximate surface area is 78.6 Å². The quantitative estimate of drug-likeness (QED) is 0.724. The number of aliphatic hydroxyl groups is 1. The molecule has 1 saturated carbocycles. The van der Waals surface area contributed by atoms with Crippen LogP contribution in [0.25, 0.3) is 0 Å². The zero-order valence-corrected chi connectivity index (χ0v) is 7.61. The molecule has 0 aliphatic heterocycles. The van der Waals surface area contributed by atoms with Crippen molar-refractivity contribution in [3.63, 3.8) is 0 Å². The number of benzene rings is 1. The zero-order chi connectivity index (χ0) is 9.10. The SMILES string of the molecule is O[C@@H]1CCC[C@H]1Nc1ccccc1. The number of aliphatic hydroxyl groups excluding tert-OH is 1. The van der Waals surface area contributed by atoms with Gasteiger partial charge in [0.15, 0.2) is 0 Å². The lowest BCUT2D eigenvalue weighted by atomic mass is 10.2. The van der Waals surface area contributed by atoms with Gasteiger partial charge < -0.3 is 10.4 Å². The van der Waals surface area contributed by atoms with Crippen LogP contribution in [0.4, 0.5) is 5.69 Å². The summed E-state index contributed by atoms with van der Waals surface area (Å²) in [5.41, 5.74) is 1.11. The number of anilines is 1. The Hall–Kier alpha value is -1.02. The van der Waals surface area contributed by atoms with Gasteiger partial charge in [-0.25, -0.2) is 0 Å². The molecular formula is C11H15NO. The van der Waals surface area contributed by atoms with E-state index in [9.17, 15) is 5.11 Å². The molecule has 13 heavy (non-hydrogen) atoms. The average Bonchev–Trinajstić information content (AvgIpc) is 2.54. The Morgan fingerprint density at radius 1 is 1.15 bits per heavy atom. The van der Waals surface area contributed by atoms with Gasteiger partial charge in [0.1, 0.15) is 0 Å². The van der Waals surface area contributed by atoms with Crippen LogP contribution in [0.2, 0.25) is 0 Å². The second kappa shape index (κ2) is 3.79. The Bertz CT molecular complexity index is 260. The molecule has 1 aliphatic carbocycles. The van der Waals surface area contributed by atoms with E-state index < -0.39 is 0 Å². The maximum Gasteiger partial charge on any atom is 0.0741 e. The molecule has 0 amide bonds. The molecule has 1 fully saturated rings. The molecule has 0 heterocycles. The summed E-state index contributed by atoms with van der Waals surface area (Å²) in [5.74, 6) is 0.